The second-order valence-corrected chi connectivity index (χ2v) is 5.19. The van der Waals surface area contributed by atoms with Crippen molar-refractivity contribution in [3.05, 3.63) is 34.3 Å². The zero-order chi connectivity index (χ0) is 11.5. The lowest BCUT2D eigenvalue weighted by Gasteiger charge is -2.14. The highest BCUT2D eigenvalue weighted by Crippen LogP contribution is 2.27. The Balaban J connectivity index is 2.15. The zero-order valence-electron chi connectivity index (χ0n) is 9.96. The molecule has 16 heavy (non-hydrogen) atoms. The lowest BCUT2D eigenvalue weighted by atomic mass is 9.97. The van der Waals surface area contributed by atoms with Gasteiger partial charge in [0.15, 0.2) is 0 Å². The molecule has 1 unspecified atom stereocenters. The molecule has 0 aliphatic carbocycles. The van der Waals surface area contributed by atoms with Crippen molar-refractivity contribution in [3.63, 3.8) is 0 Å². The molecule has 1 atom stereocenters. The van der Waals surface area contributed by atoms with Crippen molar-refractivity contribution in [3.8, 4) is 0 Å². The van der Waals surface area contributed by atoms with E-state index < -0.39 is 0 Å². The first-order valence-electron chi connectivity index (χ1n) is 5.80. The fourth-order valence-corrected chi connectivity index (χ4v) is 2.47. The van der Waals surface area contributed by atoms with E-state index in [0.29, 0.717) is 5.92 Å². The quantitative estimate of drug-likeness (QED) is 0.871. The Morgan fingerprint density at radius 2 is 2.25 bits per heavy atom. The molecule has 2 rings (SSSR count). The van der Waals surface area contributed by atoms with E-state index in [0.717, 1.165) is 24.7 Å². The molecule has 0 saturated carbocycles. The Labute approximate surface area is 103 Å². The van der Waals surface area contributed by atoms with Gasteiger partial charge in [-0.05, 0) is 50.2 Å². The molecule has 1 fully saturated rings. The standard InChI is InChI=1S/C13H19ClN2/c1-16(2)9-12-4-3-10(7-13(12)14)11-5-6-15-8-11/h3-4,7,11,15H,5-6,8-9H2,1-2H3. The third kappa shape index (κ3) is 2.76. The van der Waals surface area contributed by atoms with Gasteiger partial charge < -0.3 is 10.2 Å². The number of rotatable bonds is 3. The summed E-state index contributed by atoms with van der Waals surface area (Å²) in [4.78, 5) is 2.14. The van der Waals surface area contributed by atoms with Gasteiger partial charge in [0.25, 0.3) is 0 Å². The van der Waals surface area contributed by atoms with E-state index in [1.807, 2.05) is 0 Å². The van der Waals surface area contributed by atoms with Crippen LogP contribution in [0.1, 0.15) is 23.5 Å². The fraction of sp³-hybridized carbons (Fsp3) is 0.538. The van der Waals surface area contributed by atoms with Crippen LogP contribution < -0.4 is 5.32 Å². The van der Waals surface area contributed by atoms with Crippen molar-refractivity contribution >= 4 is 11.6 Å². The molecule has 1 aromatic carbocycles. The van der Waals surface area contributed by atoms with Gasteiger partial charge in [0, 0.05) is 18.1 Å². The smallest absolute Gasteiger partial charge is 0.0453 e. The van der Waals surface area contributed by atoms with Gasteiger partial charge >= 0.3 is 0 Å². The molecule has 1 saturated heterocycles. The predicted molar refractivity (Wildman–Crippen MR) is 69.1 cm³/mol. The lowest BCUT2D eigenvalue weighted by Crippen LogP contribution is -2.11. The molecule has 1 heterocycles. The first kappa shape index (κ1) is 11.9. The molecule has 3 heteroatoms. The predicted octanol–water partition coefficient (Wildman–Crippen LogP) is 2.48. The molecule has 88 valence electrons. The van der Waals surface area contributed by atoms with Gasteiger partial charge in [0.1, 0.15) is 0 Å². The van der Waals surface area contributed by atoms with Crippen LogP contribution in [0.25, 0.3) is 0 Å². The lowest BCUT2D eigenvalue weighted by molar-refractivity contribution is 0.402. The van der Waals surface area contributed by atoms with Crippen LogP contribution in [0.5, 0.6) is 0 Å². The maximum absolute atomic E-state index is 6.30. The molecule has 0 radical (unpaired) electrons. The third-order valence-electron chi connectivity index (χ3n) is 3.10. The van der Waals surface area contributed by atoms with E-state index in [1.54, 1.807) is 0 Å². The Morgan fingerprint density at radius 1 is 1.44 bits per heavy atom. The van der Waals surface area contributed by atoms with Gasteiger partial charge in [-0.15, -0.1) is 0 Å². The number of hydrogen-bond acceptors (Lipinski definition) is 2. The number of nitrogens with zero attached hydrogens (tertiary/aromatic N) is 1. The summed E-state index contributed by atoms with van der Waals surface area (Å²) in [7, 11) is 4.12. The molecule has 1 aromatic rings. The van der Waals surface area contributed by atoms with Crippen molar-refractivity contribution in [1.29, 1.82) is 0 Å². The van der Waals surface area contributed by atoms with E-state index in [1.165, 1.54) is 17.5 Å². The van der Waals surface area contributed by atoms with Gasteiger partial charge in [-0.1, -0.05) is 23.7 Å². The maximum atomic E-state index is 6.30. The Hall–Kier alpha value is -0.570. The van der Waals surface area contributed by atoms with Crippen LogP contribution in [0, 0.1) is 0 Å². The highest BCUT2D eigenvalue weighted by atomic mass is 35.5. The van der Waals surface area contributed by atoms with Gasteiger partial charge in [-0.2, -0.15) is 0 Å². The minimum Gasteiger partial charge on any atom is -0.316 e. The highest BCUT2D eigenvalue weighted by molar-refractivity contribution is 6.31. The van der Waals surface area contributed by atoms with Crippen LogP contribution in [-0.2, 0) is 6.54 Å². The summed E-state index contributed by atoms with van der Waals surface area (Å²) in [5.74, 6) is 0.644. The van der Waals surface area contributed by atoms with E-state index in [9.17, 15) is 0 Å². The van der Waals surface area contributed by atoms with Gasteiger partial charge in [0.05, 0.1) is 0 Å². The summed E-state index contributed by atoms with van der Waals surface area (Å²) < 4.78 is 0. The molecule has 0 bridgehead atoms. The Kier molecular flexibility index (Phi) is 3.85. The first-order valence-corrected chi connectivity index (χ1v) is 6.18. The van der Waals surface area contributed by atoms with E-state index in [2.05, 4.69) is 42.5 Å². The molecule has 1 N–H and O–H groups in total. The normalized spacial score (nSPS) is 20.6. The maximum Gasteiger partial charge on any atom is 0.0453 e. The zero-order valence-corrected chi connectivity index (χ0v) is 10.7. The molecule has 0 amide bonds. The van der Waals surface area contributed by atoms with E-state index in [-0.39, 0.29) is 0 Å². The summed E-state index contributed by atoms with van der Waals surface area (Å²) in [6.45, 7) is 3.12. The Bertz CT molecular complexity index is 357. The van der Waals surface area contributed by atoms with E-state index in [4.69, 9.17) is 11.6 Å². The summed E-state index contributed by atoms with van der Waals surface area (Å²) >= 11 is 6.30. The van der Waals surface area contributed by atoms with Crippen LogP contribution in [0.15, 0.2) is 18.2 Å². The van der Waals surface area contributed by atoms with Crippen LogP contribution in [-0.4, -0.2) is 32.1 Å². The summed E-state index contributed by atoms with van der Waals surface area (Å²) in [6, 6.07) is 6.52. The number of benzene rings is 1. The van der Waals surface area contributed by atoms with Crippen LogP contribution in [0.4, 0.5) is 0 Å². The van der Waals surface area contributed by atoms with Gasteiger partial charge in [-0.3, -0.25) is 0 Å². The fourth-order valence-electron chi connectivity index (χ4n) is 2.23. The second-order valence-electron chi connectivity index (χ2n) is 4.78. The molecular formula is C13H19ClN2. The SMILES string of the molecule is CN(C)Cc1ccc(C2CCNC2)cc1Cl. The molecular weight excluding hydrogens is 220 g/mol. The topological polar surface area (TPSA) is 15.3 Å². The minimum absolute atomic E-state index is 0.644. The van der Waals surface area contributed by atoms with Crippen molar-refractivity contribution in [2.24, 2.45) is 0 Å². The van der Waals surface area contributed by atoms with Crippen LogP contribution in [0.2, 0.25) is 5.02 Å². The summed E-state index contributed by atoms with van der Waals surface area (Å²) in [5.41, 5.74) is 2.58. The largest absolute Gasteiger partial charge is 0.316 e. The number of halogens is 1. The minimum atomic E-state index is 0.644. The van der Waals surface area contributed by atoms with Crippen LogP contribution >= 0.6 is 11.6 Å². The average Bonchev–Trinajstić information content (AvgIpc) is 2.73. The van der Waals surface area contributed by atoms with Crippen molar-refractivity contribution in [2.45, 2.75) is 18.9 Å². The molecule has 1 aliphatic rings. The second kappa shape index (κ2) is 5.17. The molecule has 0 spiro atoms. The number of nitrogens with one attached hydrogen (secondary N) is 1. The highest BCUT2D eigenvalue weighted by Gasteiger charge is 2.17. The summed E-state index contributed by atoms with van der Waals surface area (Å²) in [5, 5.41) is 4.29. The van der Waals surface area contributed by atoms with Crippen molar-refractivity contribution in [1.82, 2.24) is 10.2 Å². The molecule has 0 aromatic heterocycles. The average molecular weight is 239 g/mol. The number of hydrogen-bond donors (Lipinski definition) is 1. The molecule has 2 nitrogen and oxygen atoms in total. The summed E-state index contributed by atoms with van der Waals surface area (Å²) in [6.07, 6.45) is 1.23. The Morgan fingerprint density at radius 3 is 2.81 bits per heavy atom. The monoisotopic (exact) mass is 238 g/mol. The first-order chi connectivity index (χ1) is 7.66. The van der Waals surface area contributed by atoms with Crippen molar-refractivity contribution in [2.75, 3.05) is 27.2 Å². The third-order valence-corrected chi connectivity index (χ3v) is 3.45. The van der Waals surface area contributed by atoms with E-state index >= 15 is 0 Å². The van der Waals surface area contributed by atoms with Gasteiger partial charge in [0.2, 0.25) is 0 Å². The van der Waals surface area contributed by atoms with Crippen molar-refractivity contribution < 1.29 is 0 Å². The van der Waals surface area contributed by atoms with Crippen LogP contribution in [0.3, 0.4) is 0 Å². The molecule has 1 aliphatic heterocycles. The van der Waals surface area contributed by atoms with Gasteiger partial charge in [-0.25, -0.2) is 0 Å².